The van der Waals surface area contributed by atoms with Crippen molar-refractivity contribution in [2.24, 2.45) is 5.73 Å². The number of hydrogen-bond acceptors (Lipinski definition) is 2. The maximum atomic E-state index is 6.06. The lowest BCUT2D eigenvalue weighted by molar-refractivity contribution is 0.306. The zero-order valence-corrected chi connectivity index (χ0v) is 13.1. The Morgan fingerprint density at radius 3 is 2.40 bits per heavy atom. The van der Waals surface area contributed by atoms with Crippen molar-refractivity contribution in [2.45, 2.75) is 13.5 Å². The van der Waals surface area contributed by atoms with Crippen LogP contribution < -0.4 is 10.5 Å². The first-order chi connectivity index (χ1) is 9.49. The normalized spacial score (nSPS) is 10.3. The van der Waals surface area contributed by atoms with Crippen molar-refractivity contribution in [2.75, 3.05) is 0 Å². The summed E-state index contributed by atoms with van der Waals surface area (Å²) in [6.45, 7) is 2.36. The molecule has 2 N–H and O–H groups in total. The molecule has 2 aromatic rings. The van der Waals surface area contributed by atoms with Crippen molar-refractivity contribution in [1.82, 2.24) is 0 Å². The summed E-state index contributed by atoms with van der Waals surface area (Å²) in [5.41, 5.74) is 8.53. The van der Waals surface area contributed by atoms with Crippen LogP contribution in [0.5, 0.6) is 5.75 Å². The molecule has 20 heavy (non-hydrogen) atoms. The van der Waals surface area contributed by atoms with Gasteiger partial charge in [0, 0.05) is 5.56 Å². The van der Waals surface area contributed by atoms with E-state index in [-0.39, 0.29) is 0 Å². The van der Waals surface area contributed by atoms with Crippen LogP contribution >= 0.6 is 35.4 Å². The van der Waals surface area contributed by atoms with E-state index < -0.39 is 0 Å². The third kappa shape index (κ3) is 3.42. The number of benzene rings is 2. The summed E-state index contributed by atoms with van der Waals surface area (Å²) in [5, 5.41) is 0.991. The van der Waals surface area contributed by atoms with Gasteiger partial charge in [0.1, 0.15) is 11.6 Å². The van der Waals surface area contributed by atoms with E-state index in [1.807, 2.05) is 25.1 Å². The minimum absolute atomic E-state index is 0.382. The van der Waals surface area contributed by atoms with E-state index in [1.165, 1.54) is 0 Å². The minimum atomic E-state index is 0.382. The highest BCUT2D eigenvalue weighted by Crippen LogP contribution is 2.33. The Hall–Kier alpha value is -1.29. The fourth-order valence-electron chi connectivity index (χ4n) is 1.78. The standard InChI is InChI=1S/C15H13Cl2NOS/c1-9-7-10(15(18)20)5-6-11(9)8-19-14-12(16)3-2-4-13(14)17/h2-7H,8H2,1H3,(H2,18,20). The van der Waals surface area contributed by atoms with E-state index >= 15 is 0 Å². The van der Waals surface area contributed by atoms with E-state index in [4.69, 9.17) is 45.9 Å². The molecule has 104 valence electrons. The van der Waals surface area contributed by atoms with Crippen molar-refractivity contribution in [3.63, 3.8) is 0 Å². The quantitative estimate of drug-likeness (QED) is 0.839. The number of halogens is 2. The molecule has 0 aliphatic heterocycles. The van der Waals surface area contributed by atoms with Crippen LogP contribution in [0.25, 0.3) is 0 Å². The van der Waals surface area contributed by atoms with Gasteiger partial charge in [0.15, 0.2) is 5.75 Å². The monoisotopic (exact) mass is 325 g/mol. The molecule has 0 atom stereocenters. The molecule has 5 heteroatoms. The fourth-order valence-corrected chi connectivity index (χ4v) is 2.41. The lowest BCUT2D eigenvalue weighted by atomic mass is 10.1. The minimum Gasteiger partial charge on any atom is -0.486 e. The zero-order chi connectivity index (χ0) is 14.7. The van der Waals surface area contributed by atoms with Crippen molar-refractivity contribution in [3.8, 4) is 5.75 Å². The summed E-state index contributed by atoms with van der Waals surface area (Å²) in [4.78, 5) is 0.384. The van der Waals surface area contributed by atoms with Crippen molar-refractivity contribution in [1.29, 1.82) is 0 Å². The van der Waals surface area contributed by atoms with Gasteiger partial charge in [-0.3, -0.25) is 0 Å². The molecule has 0 saturated heterocycles. The number of ether oxygens (including phenoxy) is 1. The molecule has 0 heterocycles. The summed E-state index contributed by atoms with van der Waals surface area (Å²) >= 11 is 17.1. The summed E-state index contributed by atoms with van der Waals surface area (Å²) in [6.07, 6.45) is 0. The second-order valence-electron chi connectivity index (χ2n) is 4.34. The van der Waals surface area contributed by atoms with Crippen LogP contribution in [-0.4, -0.2) is 4.99 Å². The zero-order valence-electron chi connectivity index (χ0n) is 10.8. The first-order valence-electron chi connectivity index (χ1n) is 5.95. The summed E-state index contributed by atoms with van der Waals surface area (Å²) in [6, 6.07) is 11.0. The van der Waals surface area contributed by atoms with Gasteiger partial charge >= 0.3 is 0 Å². The Labute approximate surface area is 133 Å². The van der Waals surface area contributed by atoms with Gasteiger partial charge in [-0.2, -0.15) is 0 Å². The van der Waals surface area contributed by atoms with Gasteiger partial charge in [0.05, 0.1) is 10.0 Å². The van der Waals surface area contributed by atoms with Crippen molar-refractivity contribution >= 4 is 40.4 Å². The molecule has 0 spiro atoms. The first kappa shape index (κ1) is 15.1. The molecule has 0 aliphatic carbocycles. The van der Waals surface area contributed by atoms with E-state index in [0.29, 0.717) is 27.4 Å². The first-order valence-corrected chi connectivity index (χ1v) is 7.11. The van der Waals surface area contributed by atoms with Gasteiger partial charge in [-0.25, -0.2) is 0 Å². The second-order valence-corrected chi connectivity index (χ2v) is 5.60. The SMILES string of the molecule is Cc1cc(C(N)=S)ccc1COc1c(Cl)cccc1Cl. The molecule has 2 aromatic carbocycles. The highest BCUT2D eigenvalue weighted by atomic mass is 35.5. The molecular weight excluding hydrogens is 313 g/mol. The number of rotatable bonds is 4. The Kier molecular flexibility index (Phi) is 4.86. The number of aryl methyl sites for hydroxylation is 1. The van der Waals surface area contributed by atoms with Crippen LogP contribution in [0.1, 0.15) is 16.7 Å². The number of hydrogen-bond donors (Lipinski definition) is 1. The van der Waals surface area contributed by atoms with Gasteiger partial charge in [-0.05, 0) is 36.2 Å². The Morgan fingerprint density at radius 2 is 1.85 bits per heavy atom. The van der Waals surface area contributed by atoms with Gasteiger partial charge in [-0.15, -0.1) is 0 Å². The smallest absolute Gasteiger partial charge is 0.156 e. The summed E-state index contributed by atoms with van der Waals surface area (Å²) in [7, 11) is 0. The molecule has 0 unspecified atom stereocenters. The Bertz CT molecular complexity index is 638. The fraction of sp³-hybridized carbons (Fsp3) is 0.133. The van der Waals surface area contributed by atoms with Gasteiger partial charge in [0.25, 0.3) is 0 Å². The Balaban J connectivity index is 2.17. The summed E-state index contributed by atoms with van der Waals surface area (Å²) < 4.78 is 5.71. The molecule has 0 radical (unpaired) electrons. The molecule has 0 aliphatic rings. The third-order valence-corrected chi connectivity index (χ3v) is 3.75. The van der Waals surface area contributed by atoms with Crippen molar-refractivity contribution < 1.29 is 4.74 Å². The van der Waals surface area contributed by atoms with Crippen LogP contribution in [0, 0.1) is 6.92 Å². The number of nitrogens with two attached hydrogens (primary N) is 1. The molecule has 0 amide bonds. The lowest BCUT2D eigenvalue weighted by Gasteiger charge is -2.12. The van der Waals surface area contributed by atoms with Crippen LogP contribution in [0.2, 0.25) is 10.0 Å². The molecule has 2 nitrogen and oxygen atoms in total. The van der Waals surface area contributed by atoms with E-state index in [9.17, 15) is 0 Å². The molecule has 0 bridgehead atoms. The predicted octanol–water partition coefficient (Wildman–Crippen LogP) is 4.52. The van der Waals surface area contributed by atoms with Crippen molar-refractivity contribution in [3.05, 3.63) is 63.1 Å². The molecule has 0 saturated carbocycles. The maximum Gasteiger partial charge on any atom is 0.156 e. The van der Waals surface area contributed by atoms with Crippen LogP contribution in [0.4, 0.5) is 0 Å². The predicted molar refractivity (Wildman–Crippen MR) is 87.9 cm³/mol. The Morgan fingerprint density at radius 1 is 1.20 bits per heavy atom. The van der Waals surface area contributed by atoms with Gasteiger partial charge < -0.3 is 10.5 Å². The van der Waals surface area contributed by atoms with E-state index in [1.54, 1.807) is 18.2 Å². The lowest BCUT2D eigenvalue weighted by Crippen LogP contribution is -2.10. The van der Waals surface area contributed by atoms with Crippen LogP contribution in [-0.2, 0) is 6.61 Å². The topological polar surface area (TPSA) is 35.2 Å². The highest BCUT2D eigenvalue weighted by molar-refractivity contribution is 7.80. The highest BCUT2D eigenvalue weighted by Gasteiger charge is 2.08. The van der Waals surface area contributed by atoms with E-state index in [2.05, 4.69) is 0 Å². The largest absolute Gasteiger partial charge is 0.486 e. The van der Waals surface area contributed by atoms with Gasteiger partial charge in [-0.1, -0.05) is 53.6 Å². The van der Waals surface area contributed by atoms with E-state index in [0.717, 1.165) is 16.7 Å². The third-order valence-electron chi connectivity index (χ3n) is 2.92. The molecule has 0 fully saturated rings. The van der Waals surface area contributed by atoms with Gasteiger partial charge in [0.2, 0.25) is 0 Å². The van der Waals surface area contributed by atoms with Crippen LogP contribution in [0.3, 0.4) is 0 Å². The second kappa shape index (κ2) is 6.44. The average molecular weight is 326 g/mol. The molecule has 2 rings (SSSR count). The van der Waals surface area contributed by atoms with Crippen LogP contribution in [0.15, 0.2) is 36.4 Å². The summed E-state index contributed by atoms with van der Waals surface area (Å²) in [5.74, 6) is 0.494. The number of para-hydroxylation sites is 1. The maximum absolute atomic E-state index is 6.06. The average Bonchev–Trinajstić information content (AvgIpc) is 2.39. The molecule has 0 aromatic heterocycles. The number of thiocarbonyl (C=S) groups is 1. The molecular formula is C15H13Cl2NOS.